The molecule has 4 amide bonds. The van der Waals surface area contributed by atoms with E-state index < -0.39 is 17.8 Å². The lowest BCUT2D eigenvalue weighted by Crippen LogP contribution is -2.54. The van der Waals surface area contributed by atoms with E-state index in [2.05, 4.69) is 37.2 Å². The maximum absolute atomic E-state index is 12.7. The lowest BCUT2D eigenvalue weighted by molar-refractivity contribution is -0.122. The Labute approximate surface area is 153 Å². The van der Waals surface area contributed by atoms with Crippen molar-refractivity contribution in [3.05, 3.63) is 56.4 Å². The highest BCUT2D eigenvalue weighted by Crippen LogP contribution is 2.26. The van der Waals surface area contributed by atoms with Crippen LogP contribution in [0.4, 0.5) is 10.5 Å². The zero-order valence-electron chi connectivity index (χ0n) is 12.3. The smallest absolute Gasteiger partial charge is 0.335 e. The second-order valence-electron chi connectivity index (χ2n) is 5.03. The van der Waals surface area contributed by atoms with E-state index in [1.165, 1.54) is 6.08 Å². The molecule has 1 aliphatic rings. The molecule has 1 N–H and O–H groups in total. The van der Waals surface area contributed by atoms with Crippen molar-refractivity contribution in [3.8, 4) is 0 Å². The van der Waals surface area contributed by atoms with Gasteiger partial charge in [-0.3, -0.25) is 14.9 Å². The summed E-state index contributed by atoms with van der Waals surface area (Å²) in [7, 11) is 0. The zero-order valence-corrected chi connectivity index (χ0v) is 15.5. The number of hydrogen-bond donors (Lipinski definition) is 1. The zero-order chi connectivity index (χ0) is 17.4. The first kappa shape index (κ1) is 16.7. The number of hydrogen-bond acceptors (Lipinski definition) is 4. The van der Waals surface area contributed by atoms with Gasteiger partial charge in [0.2, 0.25) is 0 Å². The Balaban J connectivity index is 2.02. The van der Waals surface area contributed by atoms with Gasteiger partial charge in [-0.1, -0.05) is 15.9 Å². The van der Waals surface area contributed by atoms with Crippen LogP contribution in [0.15, 0.2) is 49.5 Å². The van der Waals surface area contributed by atoms with Crippen LogP contribution in [0.5, 0.6) is 0 Å². The van der Waals surface area contributed by atoms with Gasteiger partial charge in [0.15, 0.2) is 4.67 Å². The van der Waals surface area contributed by atoms with Crippen molar-refractivity contribution in [1.29, 1.82) is 0 Å². The van der Waals surface area contributed by atoms with E-state index in [-0.39, 0.29) is 5.57 Å². The highest BCUT2D eigenvalue weighted by Gasteiger charge is 2.37. The van der Waals surface area contributed by atoms with E-state index >= 15 is 0 Å². The van der Waals surface area contributed by atoms with Gasteiger partial charge >= 0.3 is 6.03 Å². The Hall–Kier alpha value is -2.19. The number of aryl methyl sites for hydroxylation is 1. The number of barbiturate groups is 1. The second-order valence-corrected chi connectivity index (χ2v) is 6.67. The topological polar surface area (TPSA) is 79.6 Å². The number of amides is 4. The van der Waals surface area contributed by atoms with Gasteiger partial charge in [-0.05, 0) is 64.8 Å². The summed E-state index contributed by atoms with van der Waals surface area (Å²) in [6, 6.07) is 7.48. The molecule has 6 nitrogen and oxygen atoms in total. The number of anilines is 1. The van der Waals surface area contributed by atoms with E-state index in [0.29, 0.717) is 16.1 Å². The van der Waals surface area contributed by atoms with Crippen LogP contribution in [0.25, 0.3) is 6.08 Å². The van der Waals surface area contributed by atoms with Gasteiger partial charge in [0.05, 0.1) is 5.69 Å². The quantitative estimate of drug-likeness (QED) is 0.554. The van der Waals surface area contributed by atoms with E-state index in [1.54, 1.807) is 30.3 Å². The van der Waals surface area contributed by atoms with Crippen LogP contribution in [0.1, 0.15) is 11.3 Å². The van der Waals surface area contributed by atoms with E-state index in [4.69, 9.17) is 4.42 Å². The Morgan fingerprint density at radius 1 is 1.12 bits per heavy atom. The van der Waals surface area contributed by atoms with Gasteiger partial charge in [-0.2, -0.15) is 0 Å². The first-order chi connectivity index (χ1) is 11.4. The standard InChI is InChI=1S/C16H10Br2N2O4/c1-8-6-9(2-4-12(8)17)20-15(22)11(14(21)19-16(20)23)7-10-3-5-13(18)24-10/h2-7H,1H3,(H,19,21,23)/b11-7+. The fourth-order valence-corrected chi connectivity index (χ4v) is 2.77. The van der Waals surface area contributed by atoms with E-state index in [9.17, 15) is 14.4 Å². The number of rotatable bonds is 2. The van der Waals surface area contributed by atoms with Crippen LogP contribution in [0.3, 0.4) is 0 Å². The van der Waals surface area contributed by atoms with Crippen LogP contribution in [0, 0.1) is 6.92 Å². The first-order valence-corrected chi connectivity index (χ1v) is 8.38. The summed E-state index contributed by atoms with van der Waals surface area (Å²) in [4.78, 5) is 37.7. The van der Waals surface area contributed by atoms with Crippen molar-refractivity contribution < 1.29 is 18.8 Å². The minimum absolute atomic E-state index is 0.183. The number of nitrogens with zero attached hydrogens (tertiary/aromatic N) is 1. The number of carbonyl (C=O) groups excluding carboxylic acids is 3. The van der Waals surface area contributed by atoms with Crippen LogP contribution in [-0.2, 0) is 9.59 Å². The molecule has 8 heteroatoms. The molecule has 0 atom stereocenters. The maximum atomic E-state index is 12.7. The summed E-state index contributed by atoms with van der Waals surface area (Å²) in [5, 5.41) is 2.16. The highest BCUT2D eigenvalue weighted by atomic mass is 79.9. The normalized spacial score (nSPS) is 16.7. The number of halogens is 2. The Morgan fingerprint density at radius 3 is 2.50 bits per heavy atom. The van der Waals surface area contributed by atoms with Crippen molar-refractivity contribution in [1.82, 2.24) is 5.32 Å². The summed E-state index contributed by atoms with van der Waals surface area (Å²) >= 11 is 6.51. The van der Waals surface area contributed by atoms with Crippen molar-refractivity contribution in [2.45, 2.75) is 6.92 Å². The molecule has 0 saturated carbocycles. The number of benzene rings is 1. The average Bonchev–Trinajstić information content (AvgIpc) is 2.92. The molecular formula is C16H10Br2N2O4. The van der Waals surface area contributed by atoms with Crippen molar-refractivity contribution in [3.63, 3.8) is 0 Å². The minimum atomic E-state index is -0.788. The highest BCUT2D eigenvalue weighted by molar-refractivity contribution is 9.10. The van der Waals surface area contributed by atoms with Gasteiger partial charge in [0.25, 0.3) is 11.8 Å². The maximum Gasteiger partial charge on any atom is 0.335 e. The number of nitrogens with one attached hydrogen (secondary N) is 1. The summed E-state index contributed by atoms with van der Waals surface area (Å²) in [6.07, 6.45) is 1.30. The fraction of sp³-hybridized carbons (Fsp3) is 0.0625. The molecule has 2 heterocycles. The van der Waals surface area contributed by atoms with E-state index in [0.717, 1.165) is 14.9 Å². The van der Waals surface area contributed by atoms with Crippen molar-refractivity contribution >= 4 is 61.5 Å². The Bertz CT molecular complexity index is 901. The molecule has 0 unspecified atom stereocenters. The first-order valence-electron chi connectivity index (χ1n) is 6.80. The molecule has 0 bridgehead atoms. The summed E-state index contributed by atoms with van der Waals surface area (Å²) in [5.74, 6) is -1.15. The molecule has 0 radical (unpaired) electrons. The number of furan rings is 1. The van der Waals surface area contributed by atoms with Crippen LogP contribution < -0.4 is 10.2 Å². The third kappa shape index (κ3) is 3.07. The lowest BCUT2D eigenvalue weighted by atomic mass is 10.1. The molecule has 1 aliphatic heterocycles. The Kier molecular flexibility index (Phi) is 4.42. The predicted molar refractivity (Wildman–Crippen MR) is 94.3 cm³/mol. The molecule has 1 aromatic carbocycles. The Morgan fingerprint density at radius 2 is 1.88 bits per heavy atom. The molecule has 2 aromatic rings. The van der Waals surface area contributed by atoms with Crippen LogP contribution in [0.2, 0.25) is 0 Å². The molecule has 1 aromatic heterocycles. The summed E-state index contributed by atoms with van der Waals surface area (Å²) < 4.78 is 6.60. The SMILES string of the molecule is Cc1cc(N2C(=O)NC(=O)/C(=C\c3ccc(Br)o3)C2=O)ccc1Br. The molecule has 1 fully saturated rings. The second kappa shape index (κ2) is 6.37. The third-order valence-corrected chi connectivity index (χ3v) is 4.70. The minimum Gasteiger partial charge on any atom is -0.450 e. The molecule has 24 heavy (non-hydrogen) atoms. The molecule has 1 saturated heterocycles. The van der Waals surface area contributed by atoms with Gasteiger partial charge in [0.1, 0.15) is 11.3 Å². The molecule has 0 aliphatic carbocycles. The molecule has 122 valence electrons. The molecule has 0 spiro atoms. The van der Waals surface area contributed by atoms with Gasteiger partial charge in [-0.25, -0.2) is 9.69 Å². The molecular weight excluding hydrogens is 444 g/mol. The average molecular weight is 454 g/mol. The van der Waals surface area contributed by atoms with Crippen LogP contribution >= 0.6 is 31.9 Å². The van der Waals surface area contributed by atoms with Gasteiger partial charge in [0, 0.05) is 4.47 Å². The fourth-order valence-electron chi connectivity index (χ4n) is 2.21. The van der Waals surface area contributed by atoms with Crippen LogP contribution in [-0.4, -0.2) is 17.8 Å². The van der Waals surface area contributed by atoms with Crippen molar-refractivity contribution in [2.75, 3.05) is 4.90 Å². The number of carbonyl (C=O) groups is 3. The largest absolute Gasteiger partial charge is 0.450 e. The number of urea groups is 1. The third-order valence-electron chi connectivity index (χ3n) is 3.38. The van der Waals surface area contributed by atoms with E-state index in [1.807, 2.05) is 6.92 Å². The monoisotopic (exact) mass is 452 g/mol. The number of imide groups is 2. The predicted octanol–water partition coefficient (Wildman–Crippen LogP) is 3.78. The van der Waals surface area contributed by atoms with Gasteiger partial charge < -0.3 is 4.42 Å². The van der Waals surface area contributed by atoms with Gasteiger partial charge in [-0.15, -0.1) is 0 Å². The lowest BCUT2D eigenvalue weighted by Gasteiger charge is -2.26. The molecule has 3 rings (SSSR count). The van der Waals surface area contributed by atoms with Crippen molar-refractivity contribution in [2.24, 2.45) is 0 Å². The summed E-state index contributed by atoms with van der Waals surface area (Å²) in [5.41, 5.74) is 1.04. The summed E-state index contributed by atoms with van der Waals surface area (Å²) in [6.45, 7) is 1.84.